The summed E-state index contributed by atoms with van der Waals surface area (Å²) in [5.41, 5.74) is 4.97. The van der Waals surface area contributed by atoms with Crippen LogP contribution >= 0.6 is 69.6 Å². The lowest BCUT2D eigenvalue weighted by Crippen LogP contribution is -2.60. The lowest BCUT2D eigenvalue weighted by molar-refractivity contribution is -0.160. The number of rotatable bonds is 13. The molecule has 24 heteroatoms. The molecule has 0 aromatic carbocycles. The summed E-state index contributed by atoms with van der Waals surface area (Å²) in [6.07, 6.45) is -0.360. The van der Waals surface area contributed by atoms with Crippen molar-refractivity contribution in [2.75, 3.05) is 26.3 Å². The monoisotopic (exact) mass is 979 g/mol. The number of halogens is 6. The van der Waals surface area contributed by atoms with E-state index in [0.717, 1.165) is 0 Å². The highest BCUT2D eigenvalue weighted by Gasteiger charge is 2.35. The van der Waals surface area contributed by atoms with Crippen LogP contribution < -0.4 is 16.2 Å². The number of aliphatic carboxylic acids is 1. The molecule has 18 nitrogen and oxygen atoms in total. The fourth-order valence-corrected chi connectivity index (χ4v) is 5.23. The van der Waals surface area contributed by atoms with Crippen molar-refractivity contribution in [1.82, 2.24) is 26.2 Å². The average Bonchev–Trinajstić information content (AvgIpc) is 3.13. The minimum atomic E-state index is -1.71. The Morgan fingerprint density at radius 2 is 1.10 bits per heavy atom. The molecule has 6 atom stereocenters. The summed E-state index contributed by atoms with van der Waals surface area (Å²) in [4.78, 5) is 82.7. The predicted octanol–water partition coefficient (Wildman–Crippen LogP) is 3.77. The summed E-state index contributed by atoms with van der Waals surface area (Å²) in [5.74, 6) is -5.27. The highest BCUT2D eigenvalue weighted by molar-refractivity contribution is 6.68. The van der Waals surface area contributed by atoms with Gasteiger partial charge in [-0.3, -0.25) is 38.8 Å². The van der Waals surface area contributed by atoms with Crippen LogP contribution in [-0.4, -0.2) is 137 Å². The highest BCUT2D eigenvalue weighted by atomic mass is 35.6. The van der Waals surface area contributed by atoms with Gasteiger partial charge in [-0.2, -0.15) is 0 Å². The first-order chi connectivity index (χ1) is 27.3. The van der Waals surface area contributed by atoms with Gasteiger partial charge in [-0.15, -0.1) is 0 Å². The average molecular weight is 983 g/mol. The first kappa shape index (κ1) is 57.9. The number of aliphatic hydroxyl groups is 2. The SMILES string of the molecule is CC(C)[C@H](O)C(=O)N[C@@H](C)C(=O)N1CCC[C@@H](C(=O)OCC(Cl)(Cl)Cl)N1.CC(C)[C@H](O)C(=O)O.C[C@H](CC(=O)OC(C)(C)C)C(=O)N1CCC[C@@H](C(=O)OCC(Cl)(Cl)Cl)N1. The van der Waals surface area contributed by atoms with Crippen molar-refractivity contribution < 1.29 is 63.1 Å². The second kappa shape index (κ2) is 26.5. The second-order valence-corrected chi connectivity index (χ2v) is 20.7. The van der Waals surface area contributed by atoms with Crippen LogP contribution in [0.2, 0.25) is 0 Å². The zero-order valence-electron chi connectivity index (χ0n) is 35.1. The van der Waals surface area contributed by atoms with Gasteiger partial charge < -0.3 is 34.8 Å². The van der Waals surface area contributed by atoms with Crippen LogP contribution in [0, 0.1) is 17.8 Å². The Kier molecular flexibility index (Phi) is 25.5. The third kappa shape index (κ3) is 24.5. The molecule has 0 aliphatic carbocycles. The number of esters is 3. The number of ether oxygens (including phenoxy) is 3. The van der Waals surface area contributed by atoms with Crippen LogP contribution in [0.4, 0.5) is 0 Å². The molecule has 0 aromatic rings. The summed E-state index contributed by atoms with van der Waals surface area (Å²) < 4.78 is 11.7. The van der Waals surface area contributed by atoms with Gasteiger partial charge in [0.2, 0.25) is 19.4 Å². The second-order valence-electron chi connectivity index (χ2n) is 15.7. The number of hydrogen-bond acceptors (Lipinski definition) is 14. The third-order valence-corrected chi connectivity index (χ3v) is 8.71. The van der Waals surface area contributed by atoms with Gasteiger partial charge in [0.15, 0.2) is 6.10 Å². The Morgan fingerprint density at radius 1 is 0.700 bits per heavy atom. The van der Waals surface area contributed by atoms with Gasteiger partial charge in [0.25, 0.3) is 5.91 Å². The van der Waals surface area contributed by atoms with E-state index in [2.05, 4.69) is 16.2 Å². The van der Waals surface area contributed by atoms with Gasteiger partial charge in [-0.25, -0.2) is 15.6 Å². The van der Waals surface area contributed by atoms with Gasteiger partial charge in [0.05, 0.1) is 6.42 Å². The molecule has 0 unspecified atom stereocenters. The fraction of sp³-hybridized carbons (Fsp3) is 0.806. The quantitative estimate of drug-likeness (QED) is 0.0874. The molecule has 2 heterocycles. The number of carboxylic acid groups (broad SMARTS) is 1. The van der Waals surface area contributed by atoms with Crippen molar-refractivity contribution in [2.24, 2.45) is 17.8 Å². The molecule has 0 radical (unpaired) electrons. The molecule has 2 fully saturated rings. The largest absolute Gasteiger partial charge is 0.479 e. The molecule has 2 aliphatic heterocycles. The first-order valence-electron chi connectivity index (χ1n) is 19.0. The number of carbonyl (C=O) groups excluding carboxylic acids is 6. The Morgan fingerprint density at radius 3 is 1.43 bits per heavy atom. The van der Waals surface area contributed by atoms with E-state index >= 15 is 0 Å². The summed E-state index contributed by atoms with van der Waals surface area (Å²) >= 11 is 33.3. The van der Waals surface area contributed by atoms with Crippen molar-refractivity contribution in [3.8, 4) is 0 Å². The van der Waals surface area contributed by atoms with E-state index in [4.69, 9.17) is 94.0 Å². The van der Waals surface area contributed by atoms with Crippen molar-refractivity contribution >= 4 is 111 Å². The lowest BCUT2D eigenvalue weighted by atomic mass is 10.0. The van der Waals surface area contributed by atoms with Gasteiger partial charge in [0, 0.05) is 19.0 Å². The Bertz CT molecular complexity index is 1440. The van der Waals surface area contributed by atoms with E-state index in [1.807, 2.05) is 0 Å². The predicted molar refractivity (Wildman–Crippen MR) is 225 cm³/mol. The number of amides is 3. The van der Waals surface area contributed by atoms with E-state index in [1.165, 1.54) is 16.9 Å². The van der Waals surface area contributed by atoms with E-state index in [0.29, 0.717) is 38.8 Å². The van der Waals surface area contributed by atoms with Gasteiger partial charge >= 0.3 is 23.9 Å². The number of aliphatic hydroxyl groups excluding tert-OH is 2. The third-order valence-electron chi connectivity index (χ3n) is 8.06. The Balaban J connectivity index is 0.000000982. The van der Waals surface area contributed by atoms with Crippen molar-refractivity contribution in [2.45, 2.75) is 138 Å². The number of nitrogens with one attached hydrogen (secondary N) is 3. The van der Waals surface area contributed by atoms with E-state index in [1.54, 1.807) is 55.4 Å². The smallest absolute Gasteiger partial charge is 0.332 e. The molecule has 3 amide bonds. The molecule has 2 aliphatic rings. The molecule has 0 spiro atoms. The van der Waals surface area contributed by atoms with Crippen LogP contribution in [0.5, 0.6) is 0 Å². The maximum atomic E-state index is 12.5. The molecular weight excluding hydrogens is 923 g/mol. The number of carboxylic acids is 1. The fourth-order valence-electron chi connectivity index (χ4n) is 4.91. The summed E-state index contributed by atoms with van der Waals surface area (Å²) in [6, 6.07) is -2.35. The first-order valence-corrected chi connectivity index (χ1v) is 21.3. The lowest BCUT2D eigenvalue weighted by Gasteiger charge is -2.34. The number of hydrogen-bond donors (Lipinski definition) is 6. The molecular formula is C36H59Cl6N5O13. The van der Waals surface area contributed by atoms with Crippen LogP contribution in [-0.2, 0) is 47.8 Å². The molecule has 348 valence electrons. The number of alkyl halides is 6. The minimum absolute atomic E-state index is 0.0450. The summed E-state index contributed by atoms with van der Waals surface area (Å²) in [5, 5.41) is 31.5. The molecule has 0 bridgehead atoms. The zero-order chi connectivity index (χ0) is 46.9. The van der Waals surface area contributed by atoms with Crippen molar-refractivity contribution in [1.29, 1.82) is 0 Å². The van der Waals surface area contributed by atoms with E-state index < -0.39 is 91.7 Å². The maximum Gasteiger partial charge on any atom is 0.332 e. The van der Waals surface area contributed by atoms with Crippen LogP contribution in [0.25, 0.3) is 0 Å². The number of nitrogens with zero attached hydrogens (tertiary/aromatic N) is 2. The van der Waals surface area contributed by atoms with Gasteiger partial charge in [-0.1, -0.05) is 104 Å². The van der Waals surface area contributed by atoms with Crippen LogP contribution in [0.1, 0.15) is 94.4 Å². The van der Waals surface area contributed by atoms with Crippen molar-refractivity contribution in [3.63, 3.8) is 0 Å². The molecule has 0 saturated carbocycles. The molecule has 6 N–H and O–H groups in total. The number of carbonyl (C=O) groups is 7. The number of hydrazine groups is 2. The highest BCUT2D eigenvalue weighted by Crippen LogP contribution is 2.27. The Hall–Kier alpha value is -2.13. The maximum absolute atomic E-state index is 12.5. The summed E-state index contributed by atoms with van der Waals surface area (Å²) in [6.45, 7) is 15.1. The molecule has 60 heavy (non-hydrogen) atoms. The van der Waals surface area contributed by atoms with Gasteiger partial charge in [0.1, 0.15) is 43.0 Å². The normalized spacial score (nSPS) is 19.2. The van der Waals surface area contributed by atoms with Crippen molar-refractivity contribution in [3.05, 3.63) is 0 Å². The van der Waals surface area contributed by atoms with Crippen LogP contribution in [0.15, 0.2) is 0 Å². The molecule has 2 saturated heterocycles. The van der Waals surface area contributed by atoms with Gasteiger partial charge in [-0.05, 0) is 65.2 Å². The van der Waals surface area contributed by atoms with E-state index in [9.17, 15) is 38.7 Å². The summed E-state index contributed by atoms with van der Waals surface area (Å²) in [7, 11) is 0. The molecule has 2 rings (SSSR count). The van der Waals surface area contributed by atoms with E-state index in [-0.39, 0.29) is 30.8 Å². The standard InChI is InChI=1S/C16H25Cl3N2O5.C15H24Cl3N3O5.C5H10O3/c1-10(8-12(22)26-15(2,3)4)13(23)21-7-5-6-11(20-21)14(24)25-9-16(17,18)19;1-8(2)11(22)12(23)19-9(3)13(24)21-6-4-5-10(20-21)14(25)26-7-15(16,17)18;1-3(2)4(6)5(7)8/h10-11,20H,5-9H2,1-4H3;8-11,20,22H,4-7H2,1-3H3,(H,19,23);3-4,6H,1-2H3,(H,7,8)/t10-,11+;9-,10-,11-;4-/m100/s1. The zero-order valence-corrected chi connectivity index (χ0v) is 39.6. The molecule has 0 aromatic heterocycles. The van der Waals surface area contributed by atoms with Crippen LogP contribution in [0.3, 0.4) is 0 Å². The Labute approximate surface area is 380 Å². The topological polar surface area (TPSA) is 250 Å². The minimum Gasteiger partial charge on any atom is -0.479 e.